The summed E-state index contributed by atoms with van der Waals surface area (Å²) in [6.07, 6.45) is 4.46. The predicted octanol–water partition coefficient (Wildman–Crippen LogP) is 2.49. The summed E-state index contributed by atoms with van der Waals surface area (Å²) < 4.78 is 4.79. The van der Waals surface area contributed by atoms with Crippen LogP contribution in [0.4, 0.5) is 5.69 Å². The van der Waals surface area contributed by atoms with Gasteiger partial charge in [0.25, 0.3) is 0 Å². The highest BCUT2D eigenvalue weighted by Crippen LogP contribution is 2.26. The quantitative estimate of drug-likeness (QED) is 0.624. The van der Waals surface area contributed by atoms with E-state index in [1.54, 1.807) is 12.3 Å². The molecule has 1 aromatic heterocycles. The third-order valence-electron chi connectivity index (χ3n) is 2.31. The zero-order chi connectivity index (χ0) is 12.7. The monoisotopic (exact) mass is 254 g/mol. The smallest absolute Gasteiger partial charge is 0.319 e. The zero-order valence-corrected chi connectivity index (χ0v) is 11.0. The molecule has 5 heteroatoms. The lowest BCUT2D eigenvalue weighted by molar-refractivity contribution is -0.140. The van der Waals surface area contributed by atoms with Crippen LogP contribution in [0.5, 0.6) is 0 Å². The molecule has 0 bridgehead atoms. The van der Waals surface area contributed by atoms with Gasteiger partial charge >= 0.3 is 5.97 Å². The molecule has 0 saturated carbocycles. The molecule has 0 fully saturated rings. The molecule has 2 N–H and O–H groups in total. The lowest BCUT2D eigenvalue weighted by Crippen LogP contribution is -2.18. The summed E-state index contributed by atoms with van der Waals surface area (Å²) in [6.45, 7) is 2.10. The highest BCUT2D eigenvalue weighted by atomic mass is 32.2. The van der Waals surface area contributed by atoms with Crippen LogP contribution in [0.3, 0.4) is 0 Å². The average molecular weight is 254 g/mol. The number of ether oxygens (including phenoxy) is 1. The van der Waals surface area contributed by atoms with Crippen LogP contribution >= 0.6 is 11.8 Å². The van der Waals surface area contributed by atoms with Crippen molar-refractivity contribution in [2.45, 2.75) is 36.5 Å². The maximum Gasteiger partial charge on any atom is 0.319 e. The SMILES string of the molecule is CCCCC(Sc1ccc(N)cn1)C(=O)OC. The molecule has 0 aliphatic carbocycles. The second kappa shape index (κ2) is 7.17. The third kappa shape index (κ3) is 4.65. The summed E-state index contributed by atoms with van der Waals surface area (Å²) in [4.78, 5) is 15.8. The van der Waals surface area contributed by atoms with Gasteiger partial charge in [0.05, 0.1) is 24.0 Å². The Hall–Kier alpha value is -1.23. The number of methoxy groups -OCH3 is 1. The average Bonchev–Trinajstić information content (AvgIpc) is 2.36. The molecule has 1 rings (SSSR count). The molecule has 1 atom stereocenters. The third-order valence-corrected chi connectivity index (χ3v) is 3.50. The lowest BCUT2D eigenvalue weighted by Gasteiger charge is -2.13. The van der Waals surface area contributed by atoms with Crippen LogP contribution in [0.25, 0.3) is 0 Å². The maximum absolute atomic E-state index is 11.6. The van der Waals surface area contributed by atoms with Gasteiger partial charge in [-0.1, -0.05) is 31.5 Å². The molecule has 4 nitrogen and oxygen atoms in total. The van der Waals surface area contributed by atoms with E-state index in [0.717, 1.165) is 24.3 Å². The molecule has 1 heterocycles. The van der Waals surface area contributed by atoms with Crippen molar-refractivity contribution in [2.24, 2.45) is 0 Å². The molecular formula is C12H18N2O2S. The van der Waals surface area contributed by atoms with Crippen LogP contribution in [0.1, 0.15) is 26.2 Å². The van der Waals surface area contributed by atoms with Gasteiger partial charge in [0, 0.05) is 0 Å². The first-order valence-electron chi connectivity index (χ1n) is 5.63. The first-order chi connectivity index (χ1) is 8.17. The van der Waals surface area contributed by atoms with Crippen LogP contribution in [0, 0.1) is 0 Å². The molecule has 0 aliphatic rings. The zero-order valence-electron chi connectivity index (χ0n) is 10.2. The molecule has 0 saturated heterocycles. The van der Waals surface area contributed by atoms with Gasteiger partial charge in [-0.15, -0.1) is 0 Å². The summed E-state index contributed by atoms with van der Waals surface area (Å²) in [7, 11) is 1.41. The van der Waals surface area contributed by atoms with Crippen molar-refractivity contribution in [3.05, 3.63) is 18.3 Å². The number of nitrogens with two attached hydrogens (primary N) is 1. The first kappa shape index (κ1) is 13.8. The van der Waals surface area contributed by atoms with Crippen molar-refractivity contribution in [2.75, 3.05) is 12.8 Å². The van der Waals surface area contributed by atoms with E-state index in [-0.39, 0.29) is 11.2 Å². The second-order valence-corrected chi connectivity index (χ2v) is 4.92. The van der Waals surface area contributed by atoms with Crippen molar-refractivity contribution in [1.82, 2.24) is 4.98 Å². The summed E-state index contributed by atoms with van der Waals surface area (Å²) in [6, 6.07) is 3.60. The largest absolute Gasteiger partial charge is 0.468 e. The first-order valence-corrected chi connectivity index (χ1v) is 6.51. The van der Waals surface area contributed by atoms with Crippen molar-refractivity contribution in [3.63, 3.8) is 0 Å². The van der Waals surface area contributed by atoms with Crippen LogP contribution in [0.2, 0.25) is 0 Å². The topological polar surface area (TPSA) is 65.2 Å². The fourth-order valence-electron chi connectivity index (χ4n) is 1.35. The minimum atomic E-state index is -0.193. The molecule has 1 aromatic rings. The van der Waals surface area contributed by atoms with E-state index in [4.69, 9.17) is 10.5 Å². The Kier molecular flexibility index (Phi) is 5.83. The van der Waals surface area contributed by atoms with E-state index >= 15 is 0 Å². The van der Waals surface area contributed by atoms with Crippen LogP contribution < -0.4 is 5.73 Å². The van der Waals surface area contributed by atoms with Gasteiger partial charge in [-0.05, 0) is 18.6 Å². The molecule has 1 unspecified atom stereocenters. The van der Waals surface area contributed by atoms with Crippen molar-refractivity contribution >= 4 is 23.4 Å². The van der Waals surface area contributed by atoms with Crippen LogP contribution in [-0.2, 0) is 9.53 Å². The Balaban J connectivity index is 2.64. The van der Waals surface area contributed by atoms with E-state index in [0.29, 0.717) is 5.69 Å². The van der Waals surface area contributed by atoms with Gasteiger partial charge in [-0.2, -0.15) is 0 Å². The summed E-state index contributed by atoms with van der Waals surface area (Å²) in [5, 5.41) is 0.613. The van der Waals surface area contributed by atoms with E-state index in [1.807, 2.05) is 6.07 Å². The summed E-state index contributed by atoms with van der Waals surface area (Å²) in [5.74, 6) is -0.193. The lowest BCUT2D eigenvalue weighted by atomic mass is 10.2. The normalized spacial score (nSPS) is 12.1. The Morgan fingerprint density at radius 3 is 2.88 bits per heavy atom. The molecule has 0 radical (unpaired) electrons. The van der Waals surface area contributed by atoms with Gasteiger partial charge in [0.2, 0.25) is 0 Å². The van der Waals surface area contributed by atoms with Gasteiger partial charge in [-0.3, -0.25) is 4.79 Å². The number of unbranched alkanes of at least 4 members (excludes halogenated alkanes) is 1. The van der Waals surface area contributed by atoms with E-state index in [1.165, 1.54) is 18.9 Å². The number of carbonyl (C=O) groups is 1. The number of thioether (sulfide) groups is 1. The number of nitrogens with zero attached hydrogens (tertiary/aromatic N) is 1. The van der Waals surface area contributed by atoms with Crippen molar-refractivity contribution in [1.29, 1.82) is 0 Å². The number of carbonyl (C=O) groups excluding carboxylic acids is 1. The fourth-order valence-corrected chi connectivity index (χ4v) is 2.38. The van der Waals surface area contributed by atoms with E-state index in [2.05, 4.69) is 11.9 Å². The number of anilines is 1. The number of aromatic nitrogens is 1. The molecule has 0 spiro atoms. The number of rotatable bonds is 6. The minimum absolute atomic E-state index is 0.184. The molecular weight excluding hydrogens is 236 g/mol. The Morgan fingerprint density at radius 2 is 2.35 bits per heavy atom. The highest BCUT2D eigenvalue weighted by Gasteiger charge is 2.20. The van der Waals surface area contributed by atoms with Crippen LogP contribution in [0.15, 0.2) is 23.4 Å². The van der Waals surface area contributed by atoms with E-state index in [9.17, 15) is 4.79 Å². The molecule has 94 valence electrons. The maximum atomic E-state index is 11.6. The van der Waals surface area contributed by atoms with Crippen molar-refractivity contribution in [3.8, 4) is 0 Å². The Labute approximate surface area is 106 Å². The number of nitrogen functional groups attached to an aromatic ring is 1. The minimum Gasteiger partial charge on any atom is -0.468 e. The molecule has 17 heavy (non-hydrogen) atoms. The standard InChI is InChI=1S/C12H18N2O2S/c1-3-4-5-10(12(15)16-2)17-11-7-6-9(13)8-14-11/h6-8,10H,3-5,13H2,1-2H3. The highest BCUT2D eigenvalue weighted by molar-refractivity contribution is 8.00. The van der Waals surface area contributed by atoms with Gasteiger partial charge in [0.1, 0.15) is 5.25 Å². The summed E-state index contributed by atoms with van der Waals surface area (Å²) >= 11 is 1.43. The molecule has 0 amide bonds. The van der Waals surface area contributed by atoms with Crippen molar-refractivity contribution < 1.29 is 9.53 Å². The predicted molar refractivity (Wildman–Crippen MR) is 69.8 cm³/mol. The number of hydrogen-bond donors (Lipinski definition) is 1. The number of hydrogen-bond acceptors (Lipinski definition) is 5. The second-order valence-electron chi connectivity index (χ2n) is 3.70. The summed E-state index contributed by atoms with van der Waals surface area (Å²) in [5.41, 5.74) is 6.18. The van der Waals surface area contributed by atoms with Gasteiger partial charge in [0.15, 0.2) is 0 Å². The number of pyridine rings is 1. The number of esters is 1. The Bertz CT molecular complexity index is 354. The molecule has 0 aliphatic heterocycles. The van der Waals surface area contributed by atoms with Crippen LogP contribution in [-0.4, -0.2) is 23.3 Å². The Morgan fingerprint density at radius 1 is 1.59 bits per heavy atom. The van der Waals surface area contributed by atoms with Gasteiger partial charge in [-0.25, -0.2) is 4.98 Å². The fraction of sp³-hybridized carbons (Fsp3) is 0.500. The molecule has 0 aromatic carbocycles. The van der Waals surface area contributed by atoms with E-state index < -0.39 is 0 Å². The van der Waals surface area contributed by atoms with Gasteiger partial charge < -0.3 is 10.5 Å².